The molecule has 1 aromatic rings. The molecule has 1 nitrogen and oxygen atoms in total. The number of allylic oxidation sites excluding steroid dienone is 2. The fourth-order valence-corrected chi connectivity index (χ4v) is 1.81. The van der Waals surface area contributed by atoms with Crippen molar-refractivity contribution in [1.29, 1.82) is 0 Å². The first-order valence-electron chi connectivity index (χ1n) is 4.95. The number of alkyl halides is 3. The van der Waals surface area contributed by atoms with Gasteiger partial charge in [-0.25, -0.2) is 0 Å². The molecular formula is C13H12F3NS. The van der Waals surface area contributed by atoms with Crippen molar-refractivity contribution in [3.05, 3.63) is 65.7 Å². The molecule has 0 spiro atoms. The van der Waals surface area contributed by atoms with Gasteiger partial charge in [0, 0.05) is 15.5 Å². The van der Waals surface area contributed by atoms with Crippen LogP contribution in [0.5, 0.6) is 0 Å². The SMILES string of the molecule is C=C(N)/C=C\C(=C)Sc1ccc(C(F)(F)F)cc1. The van der Waals surface area contributed by atoms with Crippen molar-refractivity contribution in [1.82, 2.24) is 0 Å². The molecule has 96 valence electrons. The normalized spacial score (nSPS) is 11.7. The van der Waals surface area contributed by atoms with E-state index in [0.717, 1.165) is 12.1 Å². The van der Waals surface area contributed by atoms with E-state index in [1.54, 1.807) is 12.2 Å². The van der Waals surface area contributed by atoms with Gasteiger partial charge in [-0.1, -0.05) is 24.9 Å². The van der Waals surface area contributed by atoms with Gasteiger partial charge in [-0.15, -0.1) is 0 Å². The van der Waals surface area contributed by atoms with Crippen molar-refractivity contribution in [2.75, 3.05) is 0 Å². The third-order valence-electron chi connectivity index (χ3n) is 1.91. The van der Waals surface area contributed by atoms with E-state index in [9.17, 15) is 13.2 Å². The molecule has 0 aliphatic heterocycles. The van der Waals surface area contributed by atoms with Gasteiger partial charge < -0.3 is 5.73 Å². The molecule has 2 N–H and O–H groups in total. The van der Waals surface area contributed by atoms with Crippen LogP contribution < -0.4 is 5.73 Å². The van der Waals surface area contributed by atoms with Crippen molar-refractivity contribution >= 4 is 11.8 Å². The van der Waals surface area contributed by atoms with Crippen molar-refractivity contribution in [2.45, 2.75) is 11.1 Å². The van der Waals surface area contributed by atoms with E-state index in [2.05, 4.69) is 13.2 Å². The van der Waals surface area contributed by atoms with Crippen LogP contribution in [0, 0.1) is 0 Å². The summed E-state index contributed by atoms with van der Waals surface area (Å²) < 4.78 is 37.0. The lowest BCUT2D eigenvalue weighted by Crippen LogP contribution is -2.03. The largest absolute Gasteiger partial charge is 0.416 e. The summed E-state index contributed by atoms with van der Waals surface area (Å²) in [5.74, 6) is 0. The minimum absolute atomic E-state index is 0.393. The number of halogens is 3. The van der Waals surface area contributed by atoms with Crippen LogP contribution >= 0.6 is 11.8 Å². The molecule has 0 aliphatic carbocycles. The molecule has 0 aliphatic rings. The zero-order valence-corrected chi connectivity index (χ0v) is 10.3. The Morgan fingerprint density at radius 1 is 1.11 bits per heavy atom. The van der Waals surface area contributed by atoms with Crippen molar-refractivity contribution in [3.8, 4) is 0 Å². The maximum Gasteiger partial charge on any atom is 0.416 e. The lowest BCUT2D eigenvalue weighted by Gasteiger charge is -2.07. The molecule has 0 heterocycles. The first kappa shape index (κ1) is 14.4. The van der Waals surface area contributed by atoms with E-state index in [0.29, 0.717) is 15.5 Å². The van der Waals surface area contributed by atoms with E-state index in [1.807, 2.05) is 0 Å². The zero-order valence-electron chi connectivity index (χ0n) is 9.50. The highest BCUT2D eigenvalue weighted by Gasteiger charge is 2.29. The van der Waals surface area contributed by atoms with Crippen LogP contribution in [0.4, 0.5) is 13.2 Å². The van der Waals surface area contributed by atoms with Gasteiger partial charge in [0.15, 0.2) is 0 Å². The highest BCUT2D eigenvalue weighted by Crippen LogP contribution is 2.32. The highest BCUT2D eigenvalue weighted by molar-refractivity contribution is 8.03. The lowest BCUT2D eigenvalue weighted by molar-refractivity contribution is -0.137. The number of thioether (sulfide) groups is 1. The van der Waals surface area contributed by atoms with Crippen LogP contribution in [0.15, 0.2) is 65.1 Å². The summed E-state index contributed by atoms with van der Waals surface area (Å²) in [4.78, 5) is 1.35. The van der Waals surface area contributed by atoms with Crippen LogP contribution in [-0.2, 0) is 6.18 Å². The van der Waals surface area contributed by atoms with Gasteiger partial charge in [0.1, 0.15) is 0 Å². The van der Waals surface area contributed by atoms with Gasteiger partial charge >= 0.3 is 6.18 Å². The van der Waals surface area contributed by atoms with Crippen LogP contribution in [0.25, 0.3) is 0 Å². The zero-order chi connectivity index (χ0) is 13.8. The van der Waals surface area contributed by atoms with Gasteiger partial charge in [-0.3, -0.25) is 0 Å². The summed E-state index contributed by atoms with van der Waals surface area (Å²) in [6.07, 6.45) is -1.07. The number of nitrogens with two attached hydrogens (primary N) is 1. The Labute approximate surface area is 108 Å². The van der Waals surface area contributed by atoms with Crippen LogP contribution in [0.1, 0.15) is 5.56 Å². The molecule has 0 fully saturated rings. The minimum atomic E-state index is -4.31. The summed E-state index contributed by atoms with van der Waals surface area (Å²) in [6.45, 7) is 7.24. The van der Waals surface area contributed by atoms with Crippen molar-refractivity contribution in [3.63, 3.8) is 0 Å². The molecule has 0 unspecified atom stereocenters. The third-order valence-corrected chi connectivity index (χ3v) is 2.82. The molecule has 0 amide bonds. The standard InChI is InChI=1S/C13H12F3NS/c1-9(17)3-4-10(2)18-12-7-5-11(6-8-12)13(14,15)16/h3-8H,1-2,17H2/b4-3-. The van der Waals surface area contributed by atoms with E-state index in [4.69, 9.17) is 5.73 Å². The number of hydrogen-bond acceptors (Lipinski definition) is 2. The lowest BCUT2D eigenvalue weighted by atomic mass is 10.2. The average Bonchev–Trinajstić information content (AvgIpc) is 2.26. The highest BCUT2D eigenvalue weighted by atomic mass is 32.2. The second-order valence-corrected chi connectivity index (χ2v) is 4.70. The Morgan fingerprint density at radius 2 is 1.67 bits per heavy atom. The first-order valence-corrected chi connectivity index (χ1v) is 5.77. The molecule has 0 aromatic heterocycles. The van der Waals surface area contributed by atoms with E-state index >= 15 is 0 Å². The summed E-state index contributed by atoms with van der Waals surface area (Å²) in [5.41, 5.74) is 5.07. The topological polar surface area (TPSA) is 26.0 Å². The number of rotatable bonds is 4. The van der Waals surface area contributed by atoms with Crippen molar-refractivity contribution in [2.24, 2.45) is 5.73 Å². The Morgan fingerprint density at radius 3 is 2.11 bits per heavy atom. The first-order chi connectivity index (χ1) is 8.29. The summed E-state index contributed by atoms with van der Waals surface area (Å²) >= 11 is 1.26. The molecule has 18 heavy (non-hydrogen) atoms. The molecule has 0 radical (unpaired) electrons. The molecule has 0 bridgehead atoms. The Bertz CT molecular complexity index is 472. The smallest absolute Gasteiger partial charge is 0.399 e. The van der Waals surface area contributed by atoms with Gasteiger partial charge in [0.25, 0.3) is 0 Å². The molecule has 5 heteroatoms. The minimum Gasteiger partial charge on any atom is -0.399 e. The second kappa shape index (κ2) is 5.82. The van der Waals surface area contributed by atoms with Crippen LogP contribution in [0.2, 0.25) is 0 Å². The Hall–Kier alpha value is -1.62. The summed E-state index contributed by atoms with van der Waals surface area (Å²) in [6, 6.07) is 4.90. The van der Waals surface area contributed by atoms with Crippen LogP contribution in [-0.4, -0.2) is 0 Å². The Kier molecular flexibility index (Phi) is 4.67. The number of benzene rings is 1. The van der Waals surface area contributed by atoms with Gasteiger partial charge in [0.05, 0.1) is 5.56 Å². The molecule has 1 aromatic carbocycles. The van der Waals surface area contributed by atoms with E-state index in [1.165, 1.54) is 23.9 Å². The molecule has 0 atom stereocenters. The van der Waals surface area contributed by atoms with Crippen LogP contribution in [0.3, 0.4) is 0 Å². The fraction of sp³-hybridized carbons (Fsp3) is 0.0769. The van der Waals surface area contributed by atoms with Crippen molar-refractivity contribution < 1.29 is 13.2 Å². The summed E-state index contributed by atoms with van der Waals surface area (Å²) in [7, 11) is 0. The van der Waals surface area contributed by atoms with Gasteiger partial charge in [0.2, 0.25) is 0 Å². The third kappa shape index (κ3) is 4.71. The number of hydrogen-bond donors (Lipinski definition) is 1. The van der Waals surface area contributed by atoms with Gasteiger partial charge in [-0.05, 0) is 36.4 Å². The van der Waals surface area contributed by atoms with E-state index < -0.39 is 11.7 Å². The predicted molar refractivity (Wildman–Crippen MR) is 68.9 cm³/mol. The van der Waals surface area contributed by atoms with Gasteiger partial charge in [-0.2, -0.15) is 13.2 Å². The summed E-state index contributed by atoms with van der Waals surface area (Å²) in [5, 5.41) is 0. The average molecular weight is 271 g/mol. The quantitative estimate of drug-likeness (QED) is 0.651. The van der Waals surface area contributed by atoms with E-state index in [-0.39, 0.29) is 0 Å². The fourth-order valence-electron chi connectivity index (χ4n) is 1.10. The molecule has 0 saturated carbocycles. The Balaban J connectivity index is 2.70. The maximum atomic E-state index is 12.3. The second-order valence-electron chi connectivity index (χ2n) is 3.50. The molecule has 1 rings (SSSR count). The maximum absolute atomic E-state index is 12.3. The monoisotopic (exact) mass is 271 g/mol. The predicted octanol–water partition coefficient (Wildman–Crippen LogP) is 4.34. The molecular weight excluding hydrogens is 259 g/mol. The molecule has 0 saturated heterocycles.